The Hall–Kier alpha value is -2.05. The zero-order valence-corrected chi connectivity index (χ0v) is 15.2. The summed E-state index contributed by atoms with van der Waals surface area (Å²) in [6.07, 6.45) is 3.04. The smallest absolute Gasteiger partial charge is 0.414 e. The molecule has 1 aliphatic rings. The number of rotatable bonds is 4. The first-order valence-corrected chi connectivity index (χ1v) is 7.95. The molecule has 0 spiro atoms. The van der Waals surface area contributed by atoms with Crippen LogP contribution in [0.3, 0.4) is 0 Å². The van der Waals surface area contributed by atoms with Gasteiger partial charge in [0, 0.05) is 13.1 Å². The first kappa shape index (κ1) is 20.0. The van der Waals surface area contributed by atoms with Crippen molar-refractivity contribution < 1.29 is 28.6 Å². The molecule has 0 radical (unpaired) electrons. The average molecular weight is 341 g/mol. The van der Waals surface area contributed by atoms with Gasteiger partial charge in [-0.3, -0.25) is 14.5 Å². The van der Waals surface area contributed by atoms with Gasteiger partial charge < -0.3 is 14.2 Å². The van der Waals surface area contributed by atoms with E-state index in [0.29, 0.717) is 0 Å². The molecule has 24 heavy (non-hydrogen) atoms. The molecule has 7 nitrogen and oxygen atoms in total. The van der Waals surface area contributed by atoms with Gasteiger partial charge in [-0.05, 0) is 32.6 Å². The summed E-state index contributed by atoms with van der Waals surface area (Å²) in [5.41, 5.74) is -0.655. The fourth-order valence-electron chi connectivity index (χ4n) is 2.55. The van der Waals surface area contributed by atoms with E-state index in [2.05, 4.69) is 0 Å². The van der Waals surface area contributed by atoms with Crippen LogP contribution >= 0.6 is 0 Å². The van der Waals surface area contributed by atoms with E-state index in [4.69, 9.17) is 14.2 Å². The van der Waals surface area contributed by atoms with Crippen molar-refractivity contribution in [2.75, 3.05) is 13.7 Å². The van der Waals surface area contributed by atoms with Crippen LogP contribution < -0.4 is 0 Å². The van der Waals surface area contributed by atoms with Gasteiger partial charge >= 0.3 is 18.0 Å². The molecule has 0 N–H and O–H groups in total. The lowest BCUT2D eigenvalue weighted by Gasteiger charge is -2.40. The Bertz CT molecular complexity index is 508. The number of ether oxygens (including phenoxy) is 3. The highest BCUT2D eigenvalue weighted by molar-refractivity contribution is 5.72. The highest BCUT2D eigenvalue weighted by atomic mass is 16.6. The summed E-state index contributed by atoms with van der Waals surface area (Å²) in [7, 11) is 1.32. The molecular formula is C17H27NO6. The molecule has 0 saturated heterocycles. The van der Waals surface area contributed by atoms with E-state index >= 15 is 0 Å². The van der Waals surface area contributed by atoms with Crippen molar-refractivity contribution in [1.82, 2.24) is 4.90 Å². The van der Waals surface area contributed by atoms with Gasteiger partial charge in [-0.1, -0.05) is 13.0 Å². The van der Waals surface area contributed by atoms with E-state index < -0.39 is 23.7 Å². The molecule has 0 aromatic carbocycles. The van der Waals surface area contributed by atoms with Crippen LogP contribution in [0.15, 0.2) is 12.3 Å². The fraction of sp³-hybridized carbons (Fsp3) is 0.706. The fourth-order valence-corrected chi connectivity index (χ4v) is 2.55. The lowest BCUT2D eigenvalue weighted by atomic mass is 9.82. The molecule has 0 aromatic heterocycles. The maximum atomic E-state index is 12.5. The van der Waals surface area contributed by atoms with Crippen LogP contribution in [-0.2, 0) is 23.8 Å². The summed E-state index contributed by atoms with van der Waals surface area (Å²) >= 11 is 0. The van der Waals surface area contributed by atoms with Gasteiger partial charge in [0.25, 0.3) is 0 Å². The first-order chi connectivity index (χ1) is 11.0. The summed E-state index contributed by atoms with van der Waals surface area (Å²) in [5.74, 6) is -1.05. The summed E-state index contributed by atoms with van der Waals surface area (Å²) in [6.45, 7) is 8.55. The molecule has 3 atom stereocenters. The monoisotopic (exact) mass is 341 g/mol. The number of carbonyl (C=O) groups excluding carboxylic acids is 3. The number of allylic oxidation sites excluding steroid dienone is 1. The van der Waals surface area contributed by atoms with Gasteiger partial charge in [-0.15, -0.1) is 0 Å². The second-order valence-electron chi connectivity index (χ2n) is 6.90. The highest BCUT2D eigenvalue weighted by Crippen LogP contribution is 2.31. The lowest BCUT2D eigenvalue weighted by Crippen LogP contribution is -2.50. The minimum absolute atomic E-state index is 0.00901. The van der Waals surface area contributed by atoms with Crippen LogP contribution in [0.25, 0.3) is 0 Å². The van der Waals surface area contributed by atoms with Crippen LogP contribution in [0.5, 0.6) is 0 Å². The Morgan fingerprint density at radius 1 is 1.21 bits per heavy atom. The van der Waals surface area contributed by atoms with Gasteiger partial charge in [0.2, 0.25) is 0 Å². The Morgan fingerprint density at radius 2 is 1.83 bits per heavy atom. The molecule has 0 saturated carbocycles. The van der Waals surface area contributed by atoms with Gasteiger partial charge in [0.1, 0.15) is 12.2 Å². The molecular weight excluding hydrogens is 314 g/mol. The highest BCUT2D eigenvalue weighted by Gasteiger charge is 2.39. The maximum absolute atomic E-state index is 12.5. The van der Waals surface area contributed by atoms with Crippen molar-refractivity contribution in [2.45, 2.75) is 52.7 Å². The van der Waals surface area contributed by atoms with E-state index in [-0.39, 0.29) is 30.8 Å². The number of amides is 1. The third-order valence-corrected chi connectivity index (χ3v) is 3.77. The van der Waals surface area contributed by atoms with Crippen LogP contribution in [0.1, 0.15) is 41.0 Å². The van der Waals surface area contributed by atoms with E-state index in [0.717, 1.165) is 0 Å². The van der Waals surface area contributed by atoms with Crippen molar-refractivity contribution >= 4 is 18.0 Å². The Balaban J connectivity index is 3.04. The zero-order valence-electron chi connectivity index (χ0n) is 15.2. The van der Waals surface area contributed by atoms with E-state index in [1.807, 2.05) is 13.0 Å². The second-order valence-corrected chi connectivity index (χ2v) is 6.90. The van der Waals surface area contributed by atoms with Crippen molar-refractivity contribution in [3.8, 4) is 0 Å². The molecule has 1 unspecified atom stereocenters. The quantitative estimate of drug-likeness (QED) is 0.577. The molecule has 0 bridgehead atoms. The zero-order chi connectivity index (χ0) is 18.5. The molecule has 7 heteroatoms. The number of nitrogens with zero attached hydrogens (tertiary/aromatic N) is 1. The van der Waals surface area contributed by atoms with Crippen LogP contribution in [0, 0.1) is 11.8 Å². The third-order valence-electron chi connectivity index (χ3n) is 3.77. The van der Waals surface area contributed by atoms with Crippen LogP contribution in [0.4, 0.5) is 4.79 Å². The SMILES string of the molecule is COC(=O)C[C@H]1C(C)C=CN(C(=O)OC(C)(C)C)[C@@H]1COC(C)=O. The van der Waals surface area contributed by atoms with Gasteiger partial charge in [0.05, 0.1) is 19.6 Å². The second kappa shape index (κ2) is 8.17. The topological polar surface area (TPSA) is 82.1 Å². The largest absolute Gasteiger partial charge is 0.469 e. The van der Waals surface area contributed by atoms with Gasteiger partial charge in [-0.2, -0.15) is 0 Å². The lowest BCUT2D eigenvalue weighted by molar-refractivity contribution is -0.145. The molecule has 0 aliphatic carbocycles. The van der Waals surface area contributed by atoms with Crippen molar-refractivity contribution in [2.24, 2.45) is 11.8 Å². The molecule has 1 aliphatic heterocycles. The Morgan fingerprint density at radius 3 is 2.33 bits per heavy atom. The summed E-state index contributed by atoms with van der Waals surface area (Å²) in [6, 6.07) is -0.497. The predicted molar refractivity (Wildman–Crippen MR) is 86.9 cm³/mol. The predicted octanol–water partition coefficient (Wildman–Crippen LogP) is 2.50. The van der Waals surface area contributed by atoms with Crippen molar-refractivity contribution in [3.63, 3.8) is 0 Å². The number of hydrogen-bond donors (Lipinski definition) is 0. The number of esters is 2. The minimum atomic E-state index is -0.655. The summed E-state index contributed by atoms with van der Waals surface area (Å²) in [4.78, 5) is 36.8. The standard InChI is InChI=1S/C17H27NO6/c1-11-7-8-18(16(21)24-17(3,4)5)14(10-23-12(2)19)13(11)9-15(20)22-6/h7-8,11,13-14H,9-10H2,1-6H3/t11?,13-,14+/m0/s1. The normalized spacial score (nSPS) is 23.6. The van der Waals surface area contributed by atoms with E-state index in [9.17, 15) is 14.4 Å². The van der Waals surface area contributed by atoms with E-state index in [1.165, 1.54) is 18.9 Å². The average Bonchev–Trinajstić information content (AvgIpc) is 2.45. The van der Waals surface area contributed by atoms with Crippen molar-refractivity contribution in [3.05, 3.63) is 12.3 Å². The van der Waals surface area contributed by atoms with Crippen LogP contribution in [0.2, 0.25) is 0 Å². The third kappa shape index (κ3) is 5.86. The molecule has 0 aromatic rings. The first-order valence-electron chi connectivity index (χ1n) is 7.95. The van der Waals surface area contributed by atoms with Gasteiger partial charge in [-0.25, -0.2) is 4.79 Å². The Kier molecular flexibility index (Phi) is 6.81. The molecule has 136 valence electrons. The van der Waals surface area contributed by atoms with Crippen molar-refractivity contribution in [1.29, 1.82) is 0 Å². The summed E-state index contributed by atoms with van der Waals surface area (Å²) in [5, 5.41) is 0. The maximum Gasteiger partial charge on any atom is 0.414 e. The van der Waals surface area contributed by atoms with E-state index in [1.54, 1.807) is 27.0 Å². The number of carbonyl (C=O) groups is 3. The van der Waals surface area contributed by atoms with Crippen LogP contribution in [-0.4, -0.2) is 48.3 Å². The summed E-state index contributed by atoms with van der Waals surface area (Å²) < 4.78 is 15.3. The molecule has 1 heterocycles. The van der Waals surface area contributed by atoms with Gasteiger partial charge in [0.15, 0.2) is 0 Å². The molecule has 0 fully saturated rings. The molecule has 1 amide bonds. The number of methoxy groups -OCH3 is 1. The number of hydrogen-bond acceptors (Lipinski definition) is 6. The molecule has 1 rings (SSSR count). The minimum Gasteiger partial charge on any atom is -0.469 e. The Labute approximate surface area is 142 Å².